The van der Waals surface area contributed by atoms with E-state index in [4.69, 9.17) is 0 Å². The van der Waals surface area contributed by atoms with Crippen molar-refractivity contribution in [3.8, 4) is 0 Å². The molecular formula is C16H18N2O2. The summed E-state index contributed by atoms with van der Waals surface area (Å²) in [5, 5.41) is 11.8. The van der Waals surface area contributed by atoms with Gasteiger partial charge in [-0.05, 0) is 50.5 Å². The summed E-state index contributed by atoms with van der Waals surface area (Å²) in [4.78, 5) is 17.7. The number of nitrogens with one attached hydrogen (secondary N) is 2. The fraction of sp³-hybridized carbons (Fsp3) is 0.312. The summed E-state index contributed by atoms with van der Waals surface area (Å²) in [6, 6.07) is 7.95. The molecule has 2 heterocycles. The molecule has 20 heavy (non-hydrogen) atoms. The third-order valence-electron chi connectivity index (χ3n) is 3.62. The average Bonchev–Trinajstić information content (AvgIpc) is 2.86. The van der Waals surface area contributed by atoms with Gasteiger partial charge in [-0.25, -0.2) is 0 Å². The number of aromatic nitrogens is 2. The Kier molecular flexibility index (Phi) is 2.91. The summed E-state index contributed by atoms with van der Waals surface area (Å²) in [6.07, 6.45) is 3.30. The van der Waals surface area contributed by atoms with Crippen LogP contribution in [0, 0.1) is 0 Å². The van der Waals surface area contributed by atoms with Gasteiger partial charge in [-0.1, -0.05) is 6.07 Å². The van der Waals surface area contributed by atoms with Crippen molar-refractivity contribution in [2.24, 2.45) is 0 Å². The number of rotatable bonds is 3. The lowest BCUT2D eigenvalue weighted by Crippen LogP contribution is -2.19. The van der Waals surface area contributed by atoms with Crippen LogP contribution in [0.2, 0.25) is 0 Å². The molecule has 0 fully saturated rings. The van der Waals surface area contributed by atoms with Crippen molar-refractivity contribution in [1.29, 1.82) is 0 Å². The molecule has 0 saturated carbocycles. The lowest BCUT2D eigenvalue weighted by Gasteiger charge is -2.16. The minimum atomic E-state index is -0.663. The number of aromatic amines is 2. The Bertz CT molecular complexity index is 822. The second-order valence-electron chi connectivity index (χ2n) is 5.91. The number of H-pyrrole nitrogens is 2. The normalized spacial score (nSPS) is 12.3. The number of aryl methyl sites for hydroxylation is 1. The van der Waals surface area contributed by atoms with E-state index >= 15 is 0 Å². The first kappa shape index (κ1) is 12.9. The number of pyridine rings is 1. The van der Waals surface area contributed by atoms with Crippen molar-refractivity contribution in [1.82, 2.24) is 9.97 Å². The molecule has 4 nitrogen and oxygen atoms in total. The molecule has 4 heteroatoms. The maximum Gasteiger partial charge on any atom is 0.272 e. The fourth-order valence-electron chi connectivity index (χ4n) is 2.50. The summed E-state index contributed by atoms with van der Waals surface area (Å²) >= 11 is 0. The van der Waals surface area contributed by atoms with E-state index < -0.39 is 5.60 Å². The summed E-state index contributed by atoms with van der Waals surface area (Å²) in [5.74, 6) is 0. The van der Waals surface area contributed by atoms with E-state index in [0.29, 0.717) is 11.9 Å². The highest BCUT2D eigenvalue weighted by molar-refractivity contribution is 6.04. The molecule has 0 unspecified atom stereocenters. The zero-order valence-corrected chi connectivity index (χ0v) is 11.7. The van der Waals surface area contributed by atoms with Crippen LogP contribution < -0.4 is 5.56 Å². The molecule has 0 radical (unpaired) electrons. The number of fused-ring (bicyclic) bond motifs is 3. The molecule has 3 N–H and O–H groups in total. The predicted molar refractivity (Wildman–Crippen MR) is 81.0 cm³/mol. The standard InChI is InChI=1S/C16H18N2O2/c1-16(2,20)7-5-10-3-4-13-12(9-10)11-6-8-17-14(11)15(19)18-13/h3-4,6,8-9,17,20H,5,7H2,1-2H3,(H,18,19). The molecule has 0 atom stereocenters. The second kappa shape index (κ2) is 4.49. The molecule has 3 rings (SSSR count). The Labute approximate surface area is 116 Å². The Hall–Kier alpha value is -2.07. The predicted octanol–water partition coefficient (Wildman–Crippen LogP) is 2.71. The van der Waals surface area contributed by atoms with E-state index in [0.717, 1.165) is 28.3 Å². The van der Waals surface area contributed by atoms with Gasteiger partial charge in [0.25, 0.3) is 5.56 Å². The molecule has 104 valence electrons. The molecule has 0 bridgehead atoms. The van der Waals surface area contributed by atoms with Gasteiger partial charge in [0.2, 0.25) is 0 Å². The van der Waals surface area contributed by atoms with E-state index in [9.17, 15) is 9.90 Å². The van der Waals surface area contributed by atoms with Crippen LogP contribution in [0.4, 0.5) is 0 Å². The van der Waals surface area contributed by atoms with Gasteiger partial charge in [0.1, 0.15) is 5.52 Å². The third kappa shape index (κ3) is 2.34. The highest BCUT2D eigenvalue weighted by Crippen LogP contribution is 2.23. The molecule has 0 aliphatic rings. The van der Waals surface area contributed by atoms with E-state index in [1.54, 1.807) is 6.20 Å². The minimum absolute atomic E-state index is 0.0956. The largest absolute Gasteiger partial charge is 0.390 e. The van der Waals surface area contributed by atoms with Crippen LogP contribution in [0.1, 0.15) is 25.8 Å². The van der Waals surface area contributed by atoms with Crippen molar-refractivity contribution >= 4 is 21.8 Å². The lowest BCUT2D eigenvalue weighted by atomic mass is 9.97. The quantitative estimate of drug-likeness (QED) is 0.685. The van der Waals surface area contributed by atoms with Gasteiger partial charge in [-0.2, -0.15) is 0 Å². The average molecular weight is 270 g/mol. The van der Waals surface area contributed by atoms with E-state index in [1.165, 1.54) is 0 Å². The van der Waals surface area contributed by atoms with E-state index in [-0.39, 0.29) is 5.56 Å². The summed E-state index contributed by atoms with van der Waals surface area (Å²) in [5.41, 5.74) is 1.85. The molecule has 1 aromatic carbocycles. The molecule has 0 amide bonds. The molecule has 0 saturated heterocycles. The van der Waals surface area contributed by atoms with Crippen LogP contribution in [-0.2, 0) is 6.42 Å². The molecule has 3 aromatic rings. The summed E-state index contributed by atoms with van der Waals surface area (Å²) in [6.45, 7) is 3.63. The van der Waals surface area contributed by atoms with Crippen molar-refractivity contribution in [2.45, 2.75) is 32.3 Å². The van der Waals surface area contributed by atoms with Gasteiger partial charge < -0.3 is 15.1 Å². The van der Waals surface area contributed by atoms with Crippen LogP contribution in [0.3, 0.4) is 0 Å². The van der Waals surface area contributed by atoms with E-state index in [2.05, 4.69) is 16.0 Å². The van der Waals surface area contributed by atoms with Gasteiger partial charge >= 0.3 is 0 Å². The van der Waals surface area contributed by atoms with Crippen LogP contribution in [0.25, 0.3) is 21.8 Å². The van der Waals surface area contributed by atoms with Gasteiger partial charge in [0.15, 0.2) is 0 Å². The van der Waals surface area contributed by atoms with Crippen molar-refractivity contribution in [3.63, 3.8) is 0 Å². The maximum atomic E-state index is 11.9. The molecule has 0 aliphatic heterocycles. The highest BCUT2D eigenvalue weighted by atomic mass is 16.3. The fourth-order valence-corrected chi connectivity index (χ4v) is 2.50. The first-order chi connectivity index (χ1) is 9.44. The molecular weight excluding hydrogens is 252 g/mol. The van der Waals surface area contributed by atoms with Crippen LogP contribution >= 0.6 is 0 Å². The SMILES string of the molecule is CC(C)(O)CCc1ccc2[nH]c(=O)c3[nH]ccc3c2c1. The monoisotopic (exact) mass is 270 g/mol. The van der Waals surface area contributed by atoms with Gasteiger partial charge in [0, 0.05) is 22.5 Å². The number of hydrogen-bond acceptors (Lipinski definition) is 2. The van der Waals surface area contributed by atoms with Crippen molar-refractivity contribution in [3.05, 3.63) is 46.4 Å². The number of aliphatic hydroxyl groups is 1. The summed E-state index contributed by atoms with van der Waals surface area (Å²) in [7, 11) is 0. The lowest BCUT2D eigenvalue weighted by molar-refractivity contribution is 0.0714. The smallest absolute Gasteiger partial charge is 0.272 e. The van der Waals surface area contributed by atoms with Gasteiger partial charge in [0.05, 0.1) is 5.60 Å². The zero-order chi connectivity index (χ0) is 14.3. The Morgan fingerprint density at radius 2 is 2.00 bits per heavy atom. The van der Waals surface area contributed by atoms with Crippen molar-refractivity contribution in [2.75, 3.05) is 0 Å². The zero-order valence-electron chi connectivity index (χ0n) is 11.7. The summed E-state index contributed by atoms with van der Waals surface area (Å²) < 4.78 is 0. The Morgan fingerprint density at radius 3 is 2.75 bits per heavy atom. The second-order valence-corrected chi connectivity index (χ2v) is 5.91. The molecule has 0 spiro atoms. The van der Waals surface area contributed by atoms with Crippen LogP contribution in [-0.4, -0.2) is 20.7 Å². The Balaban J connectivity index is 2.10. The van der Waals surface area contributed by atoms with Crippen LogP contribution in [0.5, 0.6) is 0 Å². The minimum Gasteiger partial charge on any atom is -0.390 e. The third-order valence-corrected chi connectivity index (χ3v) is 3.62. The van der Waals surface area contributed by atoms with Gasteiger partial charge in [-0.15, -0.1) is 0 Å². The topological polar surface area (TPSA) is 68.9 Å². The highest BCUT2D eigenvalue weighted by Gasteiger charge is 2.13. The number of benzene rings is 1. The first-order valence-electron chi connectivity index (χ1n) is 6.78. The molecule has 0 aliphatic carbocycles. The molecule has 2 aromatic heterocycles. The van der Waals surface area contributed by atoms with Gasteiger partial charge in [-0.3, -0.25) is 4.79 Å². The van der Waals surface area contributed by atoms with Crippen LogP contribution in [0.15, 0.2) is 35.3 Å². The Morgan fingerprint density at radius 1 is 1.20 bits per heavy atom. The number of hydrogen-bond donors (Lipinski definition) is 3. The van der Waals surface area contributed by atoms with E-state index in [1.807, 2.05) is 32.0 Å². The van der Waals surface area contributed by atoms with Crippen molar-refractivity contribution < 1.29 is 5.11 Å². The first-order valence-corrected chi connectivity index (χ1v) is 6.78. The maximum absolute atomic E-state index is 11.9.